The van der Waals surface area contributed by atoms with Gasteiger partial charge in [-0.25, -0.2) is 0 Å². The van der Waals surface area contributed by atoms with Crippen LogP contribution in [0.4, 0.5) is 0 Å². The summed E-state index contributed by atoms with van der Waals surface area (Å²) in [5.41, 5.74) is 0.958. The maximum absolute atomic E-state index is 12.2. The predicted molar refractivity (Wildman–Crippen MR) is 80.1 cm³/mol. The Kier molecular flexibility index (Phi) is 5.85. The van der Waals surface area contributed by atoms with E-state index in [0.717, 1.165) is 10.0 Å². The summed E-state index contributed by atoms with van der Waals surface area (Å²) in [5.74, 6) is 1.66. The second-order valence-corrected chi connectivity index (χ2v) is 5.62. The van der Waals surface area contributed by atoms with Crippen molar-refractivity contribution >= 4 is 21.7 Å². The van der Waals surface area contributed by atoms with E-state index in [0.29, 0.717) is 17.9 Å². The number of Topliss-reactive ketones (excluding diaryl/α,β-unsaturated/α-hetero) is 1. The normalized spacial score (nSPS) is 12.4. The van der Waals surface area contributed by atoms with Crippen molar-refractivity contribution in [3.8, 4) is 11.5 Å². The van der Waals surface area contributed by atoms with Gasteiger partial charge in [0.1, 0.15) is 5.78 Å². The molecule has 0 heterocycles. The molecule has 0 saturated carbocycles. The summed E-state index contributed by atoms with van der Waals surface area (Å²) in [6.45, 7) is 6.01. The third-order valence-electron chi connectivity index (χ3n) is 3.20. The van der Waals surface area contributed by atoms with E-state index in [-0.39, 0.29) is 17.6 Å². The minimum Gasteiger partial charge on any atom is -0.493 e. The molecule has 3 nitrogen and oxygen atoms in total. The molecule has 1 atom stereocenters. The zero-order valence-corrected chi connectivity index (χ0v) is 13.7. The van der Waals surface area contributed by atoms with Gasteiger partial charge in [0.25, 0.3) is 0 Å². The Balaban J connectivity index is 3.34. The van der Waals surface area contributed by atoms with Crippen molar-refractivity contribution in [1.82, 2.24) is 0 Å². The molecule has 0 aliphatic rings. The molecular weight excluding hydrogens is 308 g/mol. The Morgan fingerprint density at radius 3 is 2.16 bits per heavy atom. The second kappa shape index (κ2) is 6.94. The van der Waals surface area contributed by atoms with E-state index in [2.05, 4.69) is 29.8 Å². The monoisotopic (exact) mass is 328 g/mol. The number of benzene rings is 1. The van der Waals surface area contributed by atoms with Crippen LogP contribution in [-0.2, 0) is 4.79 Å². The third kappa shape index (κ3) is 3.50. The van der Waals surface area contributed by atoms with Crippen molar-refractivity contribution in [3.05, 3.63) is 22.2 Å². The van der Waals surface area contributed by atoms with Crippen LogP contribution in [-0.4, -0.2) is 20.0 Å². The van der Waals surface area contributed by atoms with Crippen molar-refractivity contribution in [3.63, 3.8) is 0 Å². The van der Waals surface area contributed by atoms with Crippen molar-refractivity contribution in [2.45, 2.75) is 33.1 Å². The lowest BCUT2D eigenvalue weighted by Crippen LogP contribution is -2.18. The van der Waals surface area contributed by atoms with E-state index in [1.54, 1.807) is 14.2 Å². The predicted octanol–water partition coefficient (Wildman–Crippen LogP) is 4.19. The van der Waals surface area contributed by atoms with Crippen molar-refractivity contribution in [2.75, 3.05) is 14.2 Å². The Labute approximate surface area is 123 Å². The molecule has 1 rings (SSSR count). The van der Waals surface area contributed by atoms with Gasteiger partial charge in [-0.2, -0.15) is 0 Å². The topological polar surface area (TPSA) is 35.5 Å². The molecular formula is C15H21BrO3. The number of rotatable bonds is 6. The molecule has 1 unspecified atom stereocenters. The first-order valence-corrected chi connectivity index (χ1v) is 7.19. The van der Waals surface area contributed by atoms with Crippen molar-refractivity contribution in [1.29, 1.82) is 0 Å². The highest BCUT2D eigenvalue weighted by Gasteiger charge is 2.26. The van der Waals surface area contributed by atoms with Crippen LogP contribution in [0.5, 0.6) is 11.5 Å². The fourth-order valence-corrected chi connectivity index (χ4v) is 2.80. The lowest BCUT2D eigenvalue weighted by Gasteiger charge is -2.22. The van der Waals surface area contributed by atoms with Gasteiger partial charge in [0.05, 0.1) is 14.2 Å². The molecule has 19 heavy (non-hydrogen) atoms. The Hall–Kier alpha value is -1.03. The summed E-state index contributed by atoms with van der Waals surface area (Å²) in [6.07, 6.45) is 0.531. The van der Waals surface area contributed by atoms with Crippen LogP contribution in [0.25, 0.3) is 0 Å². The number of halogens is 1. The lowest BCUT2D eigenvalue weighted by atomic mass is 9.84. The Morgan fingerprint density at radius 2 is 1.74 bits per heavy atom. The molecule has 0 amide bonds. The van der Waals surface area contributed by atoms with Crippen LogP contribution in [0.15, 0.2) is 16.6 Å². The van der Waals surface area contributed by atoms with Gasteiger partial charge in [0.2, 0.25) is 0 Å². The highest BCUT2D eigenvalue weighted by molar-refractivity contribution is 9.10. The average molecular weight is 329 g/mol. The van der Waals surface area contributed by atoms with E-state index in [4.69, 9.17) is 9.47 Å². The number of carbonyl (C=O) groups is 1. The van der Waals surface area contributed by atoms with Gasteiger partial charge in [0.15, 0.2) is 11.5 Å². The molecule has 106 valence electrons. The average Bonchev–Trinajstić information content (AvgIpc) is 2.39. The minimum absolute atomic E-state index is 0.126. The molecule has 0 radical (unpaired) electrons. The summed E-state index contributed by atoms with van der Waals surface area (Å²) >= 11 is 3.53. The highest BCUT2D eigenvalue weighted by atomic mass is 79.9. The van der Waals surface area contributed by atoms with Crippen LogP contribution >= 0.6 is 15.9 Å². The summed E-state index contributed by atoms with van der Waals surface area (Å²) in [5, 5.41) is 0. The van der Waals surface area contributed by atoms with Crippen LogP contribution in [0.3, 0.4) is 0 Å². The summed E-state index contributed by atoms with van der Waals surface area (Å²) in [6, 6.07) is 3.74. The van der Waals surface area contributed by atoms with Gasteiger partial charge in [-0.1, -0.05) is 36.7 Å². The molecule has 0 aromatic heterocycles. The smallest absolute Gasteiger partial charge is 0.161 e. The molecule has 1 aromatic carbocycles. The van der Waals surface area contributed by atoms with Crippen LogP contribution in [0, 0.1) is 5.92 Å². The van der Waals surface area contributed by atoms with Crippen LogP contribution < -0.4 is 9.47 Å². The molecule has 4 heteroatoms. The van der Waals surface area contributed by atoms with Crippen LogP contribution in [0.2, 0.25) is 0 Å². The zero-order chi connectivity index (χ0) is 14.6. The van der Waals surface area contributed by atoms with E-state index in [9.17, 15) is 4.79 Å². The highest BCUT2D eigenvalue weighted by Crippen LogP contribution is 2.39. The summed E-state index contributed by atoms with van der Waals surface area (Å²) in [7, 11) is 3.20. The fourth-order valence-electron chi connectivity index (χ4n) is 2.23. The molecule has 0 fully saturated rings. The van der Waals surface area contributed by atoms with Gasteiger partial charge < -0.3 is 9.47 Å². The third-order valence-corrected chi connectivity index (χ3v) is 3.89. The largest absolute Gasteiger partial charge is 0.493 e. The molecule has 0 aliphatic carbocycles. The number of carbonyl (C=O) groups excluding carboxylic acids is 1. The fraction of sp³-hybridized carbons (Fsp3) is 0.533. The Bertz CT molecular complexity index is 455. The van der Waals surface area contributed by atoms with Crippen LogP contribution in [0.1, 0.15) is 38.7 Å². The standard InChI is InChI=1S/C15H21BrO3/c1-6-12(17)15(9(2)3)10-7-13(18-4)14(19-5)8-11(10)16/h7-9,15H,6H2,1-5H3. The Morgan fingerprint density at radius 1 is 1.21 bits per heavy atom. The molecule has 1 aromatic rings. The summed E-state index contributed by atoms with van der Waals surface area (Å²) in [4.78, 5) is 12.2. The molecule has 0 N–H and O–H groups in total. The van der Waals surface area contributed by atoms with Crippen molar-refractivity contribution < 1.29 is 14.3 Å². The van der Waals surface area contributed by atoms with Gasteiger partial charge in [0, 0.05) is 16.8 Å². The number of ether oxygens (including phenoxy) is 2. The number of ketones is 1. The van der Waals surface area contributed by atoms with E-state index in [1.165, 1.54) is 0 Å². The maximum atomic E-state index is 12.2. The van der Waals surface area contributed by atoms with Crippen molar-refractivity contribution in [2.24, 2.45) is 5.92 Å². The maximum Gasteiger partial charge on any atom is 0.161 e. The summed E-state index contributed by atoms with van der Waals surface area (Å²) < 4.78 is 11.5. The first-order chi connectivity index (χ1) is 8.96. The number of methoxy groups -OCH3 is 2. The SMILES string of the molecule is CCC(=O)C(c1cc(OC)c(OC)cc1Br)C(C)C. The quantitative estimate of drug-likeness (QED) is 0.785. The number of hydrogen-bond donors (Lipinski definition) is 0. The molecule has 0 bridgehead atoms. The van der Waals surface area contributed by atoms with Gasteiger partial charge >= 0.3 is 0 Å². The van der Waals surface area contributed by atoms with E-state index in [1.807, 2.05) is 19.1 Å². The van der Waals surface area contributed by atoms with Gasteiger partial charge in [-0.3, -0.25) is 4.79 Å². The first kappa shape index (κ1) is 16.0. The molecule has 0 aliphatic heterocycles. The van der Waals surface area contributed by atoms with E-state index < -0.39 is 0 Å². The first-order valence-electron chi connectivity index (χ1n) is 6.40. The lowest BCUT2D eigenvalue weighted by molar-refractivity contribution is -0.121. The van der Waals surface area contributed by atoms with Gasteiger partial charge in [-0.05, 0) is 23.6 Å². The van der Waals surface area contributed by atoms with Gasteiger partial charge in [-0.15, -0.1) is 0 Å². The number of hydrogen-bond acceptors (Lipinski definition) is 3. The molecule has 0 spiro atoms. The second-order valence-electron chi connectivity index (χ2n) is 4.77. The minimum atomic E-state index is -0.126. The molecule has 0 saturated heterocycles. The van der Waals surface area contributed by atoms with E-state index >= 15 is 0 Å². The zero-order valence-electron chi connectivity index (χ0n) is 12.1.